The molecule has 0 bridgehead atoms. The molecule has 8 nitrogen and oxygen atoms in total. The molecule has 0 radical (unpaired) electrons. The molecule has 4 rings (SSSR count). The summed E-state index contributed by atoms with van der Waals surface area (Å²) in [6.07, 6.45) is -1.54. The van der Waals surface area contributed by atoms with Crippen molar-refractivity contribution >= 4 is 22.4 Å². The number of pyridine rings is 1. The molecule has 1 aliphatic rings. The predicted octanol–water partition coefficient (Wildman–Crippen LogP) is 4.22. The van der Waals surface area contributed by atoms with Crippen molar-refractivity contribution in [3.63, 3.8) is 0 Å². The first-order valence-electron chi connectivity index (χ1n) is 10.2. The summed E-state index contributed by atoms with van der Waals surface area (Å²) in [6.45, 7) is 0.960. The van der Waals surface area contributed by atoms with E-state index in [9.17, 15) is 22.4 Å². The minimum absolute atomic E-state index is 0.0311. The van der Waals surface area contributed by atoms with Crippen molar-refractivity contribution in [2.45, 2.75) is 13.0 Å². The average Bonchev–Trinajstić information content (AvgIpc) is 3.35. The molecule has 2 amide bonds. The van der Waals surface area contributed by atoms with Gasteiger partial charge in [0.2, 0.25) is 5.89 Å². The van der Waals surface area contributed by atoms with Crippen LogP contribution in [0.1, 0.15) is 18.0 Å². The summed E-state index contributed by atoms with van der Waals surface area (Å²) in [4.78, 5) is 20.5. The molecule has 1 aliphatic heterocycles. The number of urea groups is 1. The van der Waals surface area contributed by atoms with Crippen LogP contribution in [0.25, 0.3) is 11.5 Å². The van der Waals surface area contributed by atoms with Gasteiger partial charge in [-0.25, -0.2) is 13.6 Å². The molecule has 180 valence electrons. The first-order valence-corrected chi connectivity index (χ1v) is 11.7. The second kappa shape index (κ2) is 10.3. The number of carbonyl (C=O) groups excluding carboxylic acids is 1. The lowest BCUT2D eigenvalue weighted by molar-refractivity contribution is 0.116. The smallest absolute Gasteiger partial charge is 0.324 e. The number of halogens is 4. The van der Waals surface area contributed by atoms with Crippen molar-refractivity contribution in [2.24, 2.45) is 4.36 Å². The molecule has 0 spiro atoms. The van der Waals surface area contributed by atoms with E-state index >= 15 is 0 Å². The fourth-order valence-electron chi connectivity index (χ4n) is 3.36. The van der Waals surface area contributed by atoms with Crippen molar-refractivity contribution in [3.8, 4) is 11.5 Å². The molecular formula is C21H20F4N6O2S. The van der Waals surface area contributed by atoms with Gasteiger partial charge < -0.3 is 9.32 Å². The van der Waals surface area contributed by atoms with Crippen LogP contribution in [-0.2, 0) is 17.2 Å². The van der Waals surface area contributed by atoms with E-state index in [1.54, 1.807) is 18.0 Å². The maximum Gasteiger partial charge on any atom is 0.324 e. The molecule has 0 atom stereocenters. The number of hydrogen-bond donors (Lipinski definition) is 0. The maximum atomic E-state index is 14.0. The third-order valence-electron chi connectivity index (χ3n) is 5.19. The Kier molecular flexibility index (Phi) is 7.20. The lowest BCUT2D eigenvalue weighted by Crippen LogP contribution is -2.48. The maximum absolute atomic E-state index is 14.0. The Morgan fingerprint density at radius 1 is 1.18 bits per heavy atom. The van der Waals surface area contributed by atoms with Crippen LogP contribution in [-0.4, -0.2) is 57.8 Å². The Balaban J connectivity index is 1.57. The van der Waals surface area contributed by atoms with Crippen LogP contribution in [0.5, 0.6) is 0 Å². The van der Waals surface area contributed by atoms with Crippen molar-refractivity contribution in [1.82, 2.24) is 20.1 Å². The molecule has 13 heteroatoms. The number of carbonyl (C=O) groups is 1. The van der Waals surface area contributed by atoms with Crippen LogP contribution in [0.15, 0.2) is 45.3 Å². The van der Waals surface area contributed by atoms with Gasteiger partial charge in [0.1, 0.15) is 0 Å². The minimum Gasteiger partial charge on any atom is -0.415 e. The summed E-state index contributed by atoms with van der Waals surface area (Å²) in [6, 6.07) is 5.97. The van der Waals surface area contributed by atoms with Crippen molar-refractivity contribution in [2.75, 3.05) is 36.5 Å². The zero-order chi connectivity index (χ0) is 24.2. The summed E-state index contributed by atoms with van der Waals surface area (Å²) >= 11 is 0. The van der Waals surface area contributed by atoms with E-state index in [1.807, 2.05) is 0 Å². The monoisotopic (exact) mass is 496 g/mol. The molecule has 1 aromatic carbocycles. The van der Waals surface area contributed by atoms with Gasteiger partial charge >= 0.3 is 12.5 Å². The SMILES string of the molecule is CN=S1CCN(C(=O)N(Cc2ccc(-c3nnc(C(F)F)o3)cn2)c2ccc(F)c(F)c2)CC1. The van der Waals surface area contributed by atoms with E-state index < -0.39 is 24.0 Å². The molecule has 2 aromatic heterocycles. The Hall–Kier alpha value is -3.35. The van der Waals surface area contributed by atoms with Gasteiger partial charge in [-0.3, -0.25) is 14.2 Å². The molecule has 0 N–H and O–H groups in total. The Bertz CT molecular complexity index is 1190. The number of anilines is 1. The Labute approximate surface area is 194 Å². The molecule has 0 aliphatic carbocycles. The molecule has 3 aromatic rings. The Morgan fingerprint density at radius 2 is 1.94 bits per heavy atom. The fraction of sp³-hybridized carbons (Fsp3) is 0.333. The van der Waals surface area contributed by atoms with E-state index in [1.165, 1.54) is 23.2 Å². The lowest BCUT2D eigenvalue weighted by Gasteiger charge is -2.33. The number of benzene rings is 1. The first kappa shape index (κ1) is 23.8. The topological polar surface area (TPSA) is 87.7 Å². The molecule has 1 saturated heterocycles. The van der Waals surface area contributed by atoms with Crippen molar-refractivity contribution < 1.29 is 26.8 Å². The molecule has 0 saturated carbocycles. The number of alkyl halides is 2. The highest BCUT2D eigenvalue weighted by Crippen LogP contribution is 2.25. The molecular weight excluding hydrogens is 476 g/mol. The molecule has 3 heterocycles. The largest absolute Gasteiger partial charge is 0.415 e. The molecule has 34 heavy (non-hydrogen) atoms. The van der Waals surface area contributed by atoms with Crippen molar-refractivity contribution in [3.05, 3.63) is 59.7 Å². The van der Waals surface area contributed by atoms with Crippen LogP contribution < -0.4 is 4.90 Å². The van der Waals surface area contributed by atoms with Crippen LogP contribution in [0.2, 0.25) is 0 Å². The molecule has 1 fully saturated rings. The van der Waals surface area contributed by atoms with E-state index in [-0.39, 0.29) is 34.8 Å². The van der Waals surface area contributed by atoms with Gasteiger partial charge in [0.05, 0.1) is 17.8 Å². The Morgan fingerprint density at radius 3 is 2.53 bits per heavy atom. The van der Waals surface area contributed by atoms with Crippen LogP contribution in [0.3, 0.4) is 0 Å². The van der Waals surface area contributed by atoms with Crippen LogP contribution in [0, 0.1) is 11.6 Å². The number of nitrogens with zero attached hydrogens (tertiary/aromatic N) is 6. The van der Waals surface area contributed by atoms with E-state index in [2.05, 4.69) is 19.5 Å². The highest BCUT2D eigenvalue weighted by Gasteiger charge is 2.26. The summed E-state index contributed by atoms with van der Waals surface area (Å²) in [5.74, 6) is -1.53. The van der Waals surface area contributed by atoms with E-state index in [4.69, 9.17) is 4.42 Å². The summed E-state index contributed by atoms with van der Waals surface area (Å²) in [5, 5.41) is 6.85. The second-order valence-electron chi connectivity index (χ2n) is 7.29. The van der Waals surface area contributed by atoms with Gasteiger partial charge in [-0.05, 0) is 24.3 Å². The van der Waals surface area contributed by atoms with E-state index in [0.717, 1.165) is 23.6 Å². The number of aromatic nitrogens is 3. The summed E-state index contributed by atoms with van der Waals surface area (Å²) < 4.78 is 62.0. The summed E-state index contributed by atoms with van der Waals surface area (Å²) in [7, 11) is 1.67. The van der Waals surface area contributed by atoms with Gasteiger partial charge in [0.15, 0.2) is 11.6 Å². The van der Waals surface area contributed by atoms with Gasteiger partial charge in [-0.2, -0.15) is 8.78 Å². The van der Waals surface area contributed by atoms with Gasteiger partial charge in [-0.1, -0.05) is 10.7 Å². The lowest BCUT2D eigenvalue weighted by atomic mass is 10.2. The number of hydrogen-bond acceptors (Lipinski definition) is 6. The first-order chi connectivity index (χ1) is 16.4. The highest BCUT2D eigenvalue weighted by molar-refractivity contribution is 7.87. The normalized spacial score (nSPS) is 14.5. The van der Waals surface area contributed by atoms with Gasteiger partial charge in [0.25, 0.3) is 5.89 Å². The second-order valence-corrected chi connectivity index (χ2v) is 9.40. The zero-order valence-corrected chi connectivity index (χ0v) is 18.8. The standard InChI is InChI=1S/C21H20F4N6O2S/c1-26-34-8-6-30(7-9-34)21(32)31(15-4-5-16(22)17(23)10-15)12-14-3-2-13(11-27-14)19-28-29-20(33-19)18(24)25/h2-5,10-11,18H,6-9,12H2,1H3. The predicted molar refractivity (Wildman–Crippen MR) is 117 cm³/mol. The number of rotatable bonds is 5. The van der Waals surface area contributed by atoms with Crippen molar-refractivity contribution in [1.29, 1.82) is 0 Å². The summed E-state index contributed by atoms with van der Waals surface area (Å²) in [5.41, 5.74) is 0.925. The fourth-order valence-corrected chi connectivity index (χ4v) is 4.79. The highest BCUT2D eigenvalue weighted by atomic mass is 32.2. The third kappa shape index (κ3) is 5.24. The third-order valence-corrected chi connectivity index (χ3v) is 7.01. The van der Waals surface area contributed by atoms with Crippen LogP contribution in [0.4, 0.5) is 28.0 Å². The van der Waals surface area contributed by atoms with E-state index in [0.29, 0.717) is 24.3 Å². The average molecular weight is 496 g/mol. The zero-order valence-electron chi connectivity index (χ0n) is 18.0. The quantitative estimate of drug-likeness (QED) is 0.494. The van der Waals surface area contributed by atoms with Crippen LogP contribution >= 0.6 is 0 Å². The van der Waals surface area contributed by atoms with Gasteiger partial charge in [0, 0.05) is 49.6 Å². The number of amides is 2. The molecule has 0 unspecified atom stereocenters. The minimum atomic E-state index is -2.89. The van der Waals surface area contributed by atoms with Gasteiger partial charge in [-0.15, -0.1) is 10.2 Å².